The molecule has 0 saturated carbocycles. The zero-order valence-electron chi connectivity index (χ0n) is 12.6. The Morgan fingerprint density at radius 1 is 1.05 bits per heavy atom. The molecule has 1 aromatic carbocycles. The minimum atomic E-state index is -3.08. The Kier molecular flexibility index (Phi) is 6.02. The molecule has 0 spiro atoms. The van der Waals surface area contributed by atoms with Gasteiger partial charge in [-0.25, -0.2) is 13.1 Å². The van der Waals surface area contributed by atoms with E-state index < -0.39 is 10.0 Å². The van der Waals surface area contributed by atoms with Crippen LogP contribution in [0.25, 0.3) is 0 Å². The van der Waals surface area contributed by atoms with E-state index in [-0.39, 0.29) is 0 Å². The lowest BCUT2D eigenvalue weighted by molar-refractivity contribution is 0.577. The van der Waals surface area contributed by atoms with Crippen molar-refractivity contribution in [3.05, 3.63) is 29.8 Å². The highest BCUT2D eigenvalue weighted by molar-refractivity contribution is 7.88. The molecule has 0 aromatic heterocycles. The van der Waals surface area contributed by atoms with Crippen molar-refractivity contribution in [1.82, 2.24) is 10.0 Å². The standard InChI is InChI=1S/C15H25N3O2S/c1-21(19,20)17-10-9-16-13-14-5-7-15(8-6-14)18-11-3-2-4-12-18/h5-8,16-17H,2-4,9-13H2,1H3. The molecule has 0 bridgehead atoms. The fourth-order valence-electron chi connectivity index (χ4n) is 2.53. The number of hydrogen-bond donors (Lipinski definition) is 2. The fraction of sp³-hybridized carbons (Fsp3) is 0.600. The van der Waals surface area contributed by atoms with E-state index in [4.69, 9.17) is 0 Å². The number of nitrogens with zero attached hydrogens (tertiary/aromatic N) is 1. The highest BCUT2D eigenvalue weighted by Crippen LogP contribution is 2.20. The van der Waals surface area contributed by atoms with Crippen LogP contribution in [0.1, 0.15) is 24.8 Å². The smallest absolute Gasteiger partial charge is 0.208 e. The Bertz CT molecular complexity index is 522. The molecule has 6 heteroatoms. The Morgan fingerprint density at radius 3 is 2.33 bits per heavy atom. The first-order valence-corrected chi connectivity index (χ1v) is 9.43. The first-order valence-electron chi connectivity index (χ1n) is 7.54. The van der Waals surface area contributed by atoms with Crippen LogP contribution in [0.4, 0.5) is 5.69 Å². The zero-order valence-corrected chi connectivity index (χ0v) is 13.5. The predicted molar refractivity (Wildman–Crippen MR) is 87.1 cm³/mol. The van der Waals surface area contributed by atoms with Gasteiger partial charge in [-0.2, -0.15) is 0 Å². The molecule has 1 aliphatic heterocycles. The van der Waals surface area contributed by atoms with Gasteiger partial charge < -0.3 is 10.2 Å². The van der Waals surface area contributed by atoms with E-state index in [9.17, 15) is 8.42 Å². The molecule has 0 unspecified atom stereocenters. The molecule has 5 nitrogen and oxygen atoms in total. The van der Waals surface area contributed by atoms with Gasteiger partial charge in [0.2, 0.25) is 10.0 Å². The summed E-state index contributed by atoms with van der Waals surface area (Å²) < 4.78 is 24.3. The zero-order chi connectivity index (χ0) is 15.1. The fourth-order valence-corrected chi connectivity index (χ4v) is 3.01. The summed E-state index contributed by atoms with van der Waals surface area (Å²) in [6.45, 7) is 4.13. The summed E-state index contributed by atoms with van der Waals surface area (Å²) >= 11 is 0. The van der Waals surface area contributed by atoms with E-state index >= 15 is 0 Å². The van der Waals surface area contributed by atoms with E-state index in [0.717, 1.165) is 19.6 Å². The lowest BCUT2D eigenvalue weighted by Gasteiger charge is -2.28. The number of hydrogen-bond acceptors (Lipinski definition) is 4. The summed E-state index contributed by atoms with van der Waals surface area (Å²) in [6.07, 6.45) is 5.10. The Morgan fingerprint density at radius 2 is 1.71 bits per heavy atom. The number of piperidine rings is 1. The van der Waals surface area contributed by atoms with Gasteiger partial charge >= 0.3 is 0 Å². The predicted octanol–water partition coefficient (Wildman–Crippen LogP) is 1.32. The van der Waals surface area contributed by atoms with Crippen molar-refractivity contribution in [3.8, 4) is 0 Å². The van der Waals surface area contributed by atoms with Gasteiger partial charge in [0.05, 0.1) is 6.26 Å². The van der Waals surface area contributed by atoms with Crippen LogP contribution in [0.5, 0.6) is 0 Å². The maximum absolute atomic E-state index is 10.9. The van der Waals surface area contributed by atoms with Crippen LogP contribution in [0.15, 0.2) is 24.3 Å². The van der Waals surface area contributed by atoms with Crippen LogP contribution >= 0.6 is 0 Å². The summed E-state index contributed by atoms with van der Waals surface area (Å²) in [5.41, 5.74) is 2.52. The first-order chi connectivity index (χ1) is 10.0. The number of sulfonamides is 1. The summed E-state index contributed by atoms with van der Waals surface area (Å²) in [7, 11) is -3.08. The van der Waals surface area contributed by atoms with Crippen molar-refractivity contribution >= 4 is 15.7 Å². The molecule has 0 aliphatic carbocycles. The van der Waals surface area contributed by atoms with Crippen molar-refractivity contribution in [1.29, 1.82) is 0 Å². The number of benzene rings is 1. The van der Waals surface area contributed by atoms with Crippen molar-refractivity contribution in [2.24, 2.45) is 0 Å². The molecule has 1 fully saturated rings. The molecular weight excluding hydrogens is 286 g/mol. The van der Waals surface area contributed by atoms with Crippen LogP contribution < -0.4 is 14.9 Å². The topological polar surface area (TPSA) is 61.4 Å². The molecule has 118 valence electrons. The monoisotopic (exact) mass is 311 g/mol. The maximum Gasteiger partial charge on any atom is 0.208 e. The molecular formula is C15H25N3O2S. The van der Waals surface area contributed by atoms with Crippen molar-refractivity contribution < 1.29 is 8.42 Å². The summed E-state index contributed by atoms with van der Waals surface area (Å²) in [5.74, 6) is 0. The third-order valence-electron chi connectivity index (χ3n) is 3.65. The molecule has 2 N–H and O–H groups in total. The van der Waals surface area contributed by atoms with Crippen LogP contribution in [0.3, 0.4) is 0 Å². The van der Waals surface area contributed by atoms with Crippen molar-refractivity contribution in [2.45, 2.75) is 25.8 Å². The van der Waals surface area contributed by atoms with Gasteiger partial charge in [-0.3, -0.25) is 0 Å². The summed E-state index contributed by atoms with van der Waals surface area (Å²) in [6, 6.07) is 8.63. The lowest BCUT2D eigenvalue weighted by atomic mass is 10.1. The molecule has 0 atom stereocenters. The number of nitrogens with one attached hydrogen (secondary N) is 2. The van der Waals surface area contributed by atoms with Crippen LogP contribution in [-0.4, -0.2) is 40.9 Å². The van der Waals surface area contributed by atoms with Gasteiger partial charge in [0, 0.05) is 38.4 Å². The molecule has 0 radical (unpaired) electrons. The van der Waals surface area contributed by atoms with Crippen molar-refractivity contribution in [3.63, 3.8) is 0 Å². The van der Waals surface area contributed by atoms with E-state index in [1.165, 1.54) is 36.8 Å². The molecule has 21 heavy (non-hydrogen) atoms. The number of anilines is 1. The molecule has 1 heterocycles. The Labute approximate surface area is 127 Å². The highest BCUT2D eigenvalue weighted by atomic mass is 32.2. The number of rotatable bonds is 7. The Hall–Kier alpha value is -1.11. The SMILES string of the molecule is CS(=O)(=O)NCCNCc1ccc(N2CCCCC2)cc1. The van der Waals surface area contributed by atoms with E-state index in [1.54, 1.807) is 0 Å². The largest absolute Gasteiger partial charge is 0.372 e. The van der Waals surface area contributed by atoms with Gasteiger partial charge in [-0.05, 0) is 37.0 Å². The van der Waals surface area contributed by atoms with Gasteiger partial charge in [0.15, 0.2) is 0 Å². The average Bonchev–Trinajstić information content (AvgIpc) is 2.47. The molecule has 1 aliphatic rings. The second kappa shape index (κ2) is 7.77. The van der Waals surface area contributed by atoms with E-state index in [2.05, 4.69) is 39.2 Å². The Balaban J connectivity index is 1.72. The van der Waals surface area contributed by atoms with Gasteiger partial charge in [-0.15, -0.1) is 0 Å². The molecule has 2 rings (SSSR count). The van der Waals surface area contributed by atoms with Gasteiger partial charge in [0.25, 0.3) is 0 Å². The van der Waals surface area contributed by atoms with Crippen LogP contribution in [0, 0.1) is 0 Å². The minimum absolute atomic E-state index is 0.421. The van der Waals surface area contributed by atoms with E-state index in [0.29, 0.717) is 13.1 Å². The third kappa shape index (κ3) is 6.03. The second-order valence-corrected chi connectivity index (χ2v) is 7.39. The van der Waals surface area contributed by atoms with E-state index in [1.807, 2.05) is 0 Å². The first kappa shape index (κ1) is 16.3. The lowest BCUT2D eigenvalue weighted by Crippen LogP contribution is -2.31. The third-order valence-corrected chi connectivity index (χ3v) is 4.38. The average molecular weight is 311 g/mol. The second-order valence-electron chi connectivity index (χ2n) is 5.56. The summed E-state index contributed by atoms with van der Waals surface area (Å²) in [4.78, 5) is 2.44. The molecule has 1 saturated heterocycles. The summed E-state index contributed by atoms with van der Waals surface area (Å²) in [5, 5.41) is 3.23. The highest BCUT2D eigenvalue weighted by Gasteiger charge is 2.10. The van der Waals surface area contributed by atoms with Gasteiger partial charge in [0.1, 0.15) is 0 Å². The molecule has 1 aromatic rings. The van der Waals surface area contributed by atoms with Gasteiger partial charge in [-0.1, -0.05) is 12.1 Å². The maximum atomic E-state index is 10.9. The normalized spacial score (nSPS) is 16.1. The van der Waals surface area contributed by atoms with Crippen LogP contribution in [-0.2, 0) is 16.6 Å². The quantitative estimate of drug-likeness (QED) is 0.746. The molecule has 0 amide bonds. The van der Waals surface area contributed by atoms with Crippen molar-refractivity contribution in [2.75, 3.05) is 37.3 Å². The minimum Gasteiger partial charge on any atom is -0.372 e. The van der Waals surface area contributed by atoms with Crippen LogP contribution in [0.2, 0.25) is 0 Å².